The highest BCUT2D eigenvalue weighted by Gasteiger charge is 2.45. The number of nitrogens with one attached hydrogen (secondary N) is 5. The summed E-state index contributed by atoms with van der Waals surface area (Å²) in [5.41, 5.74) is 2.19. The number of rotatable bonds is 29. The van der Waals surface area contributed by atoms with Crippen LogP contribution in [0.4, 0.5) is 4.39 Å². The Hall–Kier alpha value is -7.08. The van der Waals surface area contributed by atoms with E-state index in [1.165, 1.54) is 10.6 Å². The van der Waals surface area contributed by atoms with Gasteiger partial charge in [0.25, 0.3) is 5.56 Å². The maximum absolute atomic E-state index is 15.0. The Bertz CT molecular complexity index is 3150. The first-order chi connectivity index (χ1) is 38.0. The van der Waals surface area contributed by atoms with Crippen molar-refractivity contribution >= 4 is 58.8 Å². The second-order valence-electron chi connectivity index (χ2n) is 20.5. The Kier molecular flexibility index (Phi) is 20.9. The zero-order valence-corrected chi connectivity index (χ0v) is 46.7. The van der Waals surface area contributed by atoms with Crippen LogP contribution in [0.15, 0.2) is 47.7 Å². The molecule has 2 aliphatic heterocycles. The van der Waals surface area contributed by atoms with Crippen molar-refractivity contribution in [2.75, 3.05) is 39.5 Å². The van der Waals surface area contributed by atoms with Crippen LogP contribution in [0.5, 0.6) is 0 Å². The number of pyridine rings is 2. The number of benzene rings is 1. The Morgan fingerprint density at radius 1 is 0.987 bits per heavy atom. The van der Waals surface area contributed by atoms with Crippen molar-refractivity contribution in [1.29, 1.82) is 0 Å². The highest BCUT2D eigenvalue weighted by Crippen LogP contribution is 2.41. The molecule has 0 spiro atoms. The lowest BCUT2D eigenvalue weighted by atomic mass is 9.86. The van der Waals surface area contributed by atoms with Crippen molar-refractivity contribution in [3.8, 4) is 22.6 Å². The monoisotopic (exact) mass is 1110 g/mol. The smallest absolute Gasteiger partial charge is 0.343 e. The summed E-state index contributed by atoms with van der Waals surface area (Å²) >= 11 is 5.01. The van der Waals surface area contributed by atoms with Crippen LogP contribution in [0, 0.1) is 23.4 Å². The van der Waals surface area contributed by atoms with E-state index in [-0.39, 0.29) is 62.3 Å². The molecule has 79 heavy (non-hydrogen) atoms. The largest absolute Gasteiger partial charge is 0.458 e. The SMILES string of the molecule is CCCN(CCC)CCCC[C@H](NC(=O)[C@@H](NC(=O)CCCCCn1cc(-c2cnc(=S)[nH]c2)nn1)C(C)C)C(=O)NCC(=O)NCOC/C=C/c1c2c(nc3cc(F)c(C)cc13)-c1cc3c(c(=O)n1C2)COC(=O)[C@]3(O)CC. The molecule has 1 aromatic carbocycles. The van der Waals surface area contributed by atoms with Gasteiger partial charge in [-0.2, -0.15) is 0 Å². The van der Waals surface area contributed by atoms with Gasteiger partial charge in [0, 0.05) is 53.5 Å². The van der Waals surface area contributed by atoms with Crippen LogP contribution in [-0.2, 0) is 58.7 Å². The number of cyclic esters (lactones) is 1. The van der Waals surface area contributed by atoms with Gasteiger partial charge in [-0.15, -0.1) is 5.10 Å². The minimum absolute atomic E-state index is 0.0160. The molecule has 424 valence electrons. The van der Waals surface area contributed by atoms with Gasteiger partial charge in [-0.05, 0) is 119 Å². The molecule has 4 amide bonds. The first-order valence-corrected chi connectivity index (χ1v) is 27.7. The fraction of sp³-hybridized carbons (Fsp3) is 0.518. The van der Waals surface area contributed by atoms with E-state index in [0.29, 0.717) is 75.3 Å². The molecule has 3 atom stereocenters. The fourth-order valence-corrected chi connectivity index (χ4v) is 10.0. The van der Waals surface area contributed by atoms with Gasteiger partial charge in [0.15, 0.2) is 10.4 Å². The molecular formula is C56H73FN12O9S. The summed E-state index contributed by atoms with van der Waals surface area (Å²) < 4.78 is 29.5. The second kappa shape index (κ2) is 27.7. The van der Waals surface area contributed by atoms with Gasteiger partial charge >= 0.3 is 5.97 Å². The third-order valence-corrected chi connectivity index (χ3v) is 14.5. The van der Waals surface area contributed by atoms with E-state index in [1.54, 1.807) is 55.2 Å². The molecular weight excluding hydrogens is 1040 g/mol. The van der Waals surface area contributed by atoms with Crippen LogP contribution in [0.25, 0.3) is 39.6 Å². The minimum atomic E-state index is -2.01. The van der Waals surface area contributed by atoms with E-state index in [0.717, 1.165) is 57.3 Å². The molecule has 6 N–H and O–H groups in total. The molecule has 23 heteroatoms. The summed E-state index contributed by atoms with van der Waals surface area (Å²) in [6, 6.07) is 2.73. The predicted octanol–water partition coefficient (Wildman–Crippen LogP) is 5.64. The van der Waals surface area contributed by atoms with Crippen LogP contribution >= 0.6 is 12.2 Å². The number of aryl methyl sites for hydroxylation is 2. The lowest BCUT2D eigenvalue weighted by Crippen LogP contribution is -2.56. The molecule has 0 aliphatic carbocycles. The van der Waals surface area contributed by atoms with Crippen LogP contribution < -0.4 is 26.8 Å². The van der Waals surface area contributed by atoms with E-state index in [4.69, 9.17) is 26.7 Å². The van der Waals surface area contributed by atoms with E-state index < -0.39 is 59.3 Å². The maximum atomic E-state index is 15.0. The first-order valence-electron chi connectivity index (χ1n) is 27.3. The summed E-state index contributed by atoms with van der Waals surface area (Å²) in [6.45, 7) is 13.8. The normalized spacial score (nSPS) is 15.4. The number of hydrogen-bond acceptors (Lipinski definition) is 15. The number of nitrogens with zero attached hydrogens (tertiary/aromatic N) is 7. The fourth-order valence-electron chi connectivity index (χ4n) is 9.93. The molecule has 0 radical (unpaired) electrons. The van der Waals surface area contributed by atoms with Gasteiger partial charge < -0.3 is 50.3 Å². The van der Waals surface area contributed by atoms with Crippen molar-refractivity contribution in [2.45, 2.75) is 143 Å². The average molecular weight is 1110 g/mol. The predicted molar refractivity (Wildman–Crippen MR) is 297 cm³/mol. The number of ether oxygens (including phenoxy) is 2. The molecule has 5 aromatic rings. The standard InChI is InChI=1S/C56H73FN12O9S/c1-7-19-67(20-8-2)21-14-12-17-43(63-52(73)49(34(4)5)64-47(70)18-11-10-13-22-68-31-45(65-66-68)36-27-59-55(79)60-28-36)51(72)58-29-48(71)61-33-77-23-15-16-37-38-24-35(6)42(57)26-44(38)62-50-39(37)30-69-46(50)25-41-40(53(69)74)32-78-54(75)56(41,76)9-3/h15-16,24-28,31,34,43,49,76H,7-14,17-23,29-30,32-33H2,1-6H3,(H,58,72)(H,61,71)(H,63,73)(H,64,70)(H,59,60,79)/b16-15+/t43-,49-,56-/m0/s1. The molecule has 6 heterocycles. The van der Waals surface area contributed by atoms with Crippen LogP contribution in [0.1, 0.15) is 127 Å². The van der Waals surface area contributed by atoms with E-state index in [2.05, 4.69) is 60.3 Å². The molecule has 2 aliphatic rings. The molecule has 0 saturated carbocycles. The van der Waals surface area contributed by atoms with E-state index in [1.807, 2.05) is 20.0 Å². The van der Waals surface area contributed by atoms with E-state index in [9.17, 15) is 38.3 Å². The second-order valence-corrected chi connectivity index (χ2v) is 20.9. The van der Waals surface area contributed by atoms with Crippen LogP contribution in [0.2, 0.25) is 0 Å². The van der Waals surface area contributed by atoms with Gasteiger partial charge in [0.05, 0.1) is 48.4 Å². The molecule has 7 rings (SSSR count). The van der Waals surface area contributed by atoms with Gasteiger partial charge in [0.1, 0.15) is 36.9 Å². The lowest BCUT2D eigenvalue weighted by Gasteiger charge is -2.31. The summed E-state index contributed by atoms with van der Waals surface area (Å²) in [7, 11) is 0. The van der Waals surface area contributed by atoms with Crippen LogP contribution in [0.3, 0.4) is 0 Å². The van der Waals surface area contributed by atoms with Gasteiger partial charge in [-0.3, -0.25) is 28.7 Å². The summed E-state index contributed by atoms with van der Waals surface area (Å²) in [4.78, 5) is 94.6. The molecule has 0 bridgehead atoms. The highest BCUT2D eigenvalue weighted by molar-refractivity contribution is 7.71. The third-order valence-electron chi connectivity index (χ3n) is 14.3. The van der Waals surface area contributed by atoms with Crippen molar-refractivity contribution in [1.82, 2.24) is 60.7 Å². The van der Waals surface area contributed by atoms with Gasteiger partial charge in [-0.25, -0.2) is 19.2 Å². The molecule has 0 fully saturated rings. The Morgan fingerprint density at radius 2 is 1.77 bits per heavy atom. The van der Waals surface area contributed by atoms with Crippen molar-refractivity contribution < 1.29 is 42.9 Å². The number of amides is 4. The van der Waals surface area contributed by atoms with Crippen LogP contribution in [-0.4, -0.2) is 126 Å². The topological polar surface area (TPSA) is 270 Å². The first kappa shape index (κ1) is 59.6. The number of aromatic amines is 1. The summed E-state index contributed by atoms with van der Waals surface area (Å²) in [6.07, 6.45) is 14.7. The van der Waals surface area contributed by atoms with Crippen molar-refractivity contribution in [3.63, 3.8) is 0 Å². The number of carbonyl (C=O) groups is 5. The van der Waals surface area contributed by atoms with E-state index >= 15 is 0 Å². The average Bonchev–Trinajstić information content (AvgIpc) is 4.29. The third kappa shape index (κ3) is 14.8. The number of aliphatic hydroxyl groups is 1. The number of carbonyl (C=O) groups excluding carboxylic acids is 5. The summed E-state index contributed by atoms with van der Waals surface area (Å²) in [5, 5.41) is 31.4. The number of fused-ring (bicyclic) bond motifs is 5. The zero-order chi connectivity index (χ0) is 56.8. The highest BCUT2D eigenvalue weighted by atomic mass is 32.1. The minimum Gasteiger partial charge on any atom is -0.458 e. The quantitative estimate of drug-likeness (QED) is 0.0144. The van der Waals surface area contributed by atoms with Gasteiger partial charge in [0.2, 0.25) is 23.6 Å². The Labute approximate surface area is 463 Å². The number of hydrogen-bond donors (Lipinski definition) is 6. The molecule has 0 saturated heterocycles. The van der Waals surface area contributed by atoms with Crippen molar-refractivity contribution in [2.24, 2.45) is 5.92 Å². The number of H-pyrrole nitrogens is 1. The number of halogens is 1. The maximum Gasteiger partial charge on any atom is 0.343 e. The Balaban J connectivity index is 0.918. The van der Waals surface area contributed by atoms with Crippen molar-refractivity contribution in [3.05, 3.63) is 91.6 Å². The summed E-state index contributed by atoms with van der Waals surface area (Å²) in [5.74, 6) is -3.43. The number of aromatic nitrogens is 7. The molecule has 0 unspecified atom stereocenters. The molecule has 21 nitrogen and oxygen atoms in total. The number of esters is 1. The zero-order valence-electron chi connectivity index (χ0n) is 45.9. The number of unbranched alkanes of at least 4 members (excludes halogenated alkanes) is 3. The lowest BCUT2D eigenvalue weighted by molar-refractivity contribution is -0.172. The Morgan fingerprint density at radius 3 is 2.49 bits per heavy atom. The van der Waals surface area contributed by atoms with Gasteiger partial charge in [-0.1, -0.05) is 58.4 Å². The molecule has 4 aromatic heterocycles.